The van der Waals surface area contributed by atoms with E-state index in [-0.39, 0.29) is 0 Å². The van der Waals surface area contributed by atoms with Crippen LogP contribution in [0.3, 0.4) is 0 Å². The monoisotopic (exact) mass is 187 g/mol. The smallest absolute Gasteiger partial charge is 0.0227 e. The van der Waals surface area contributed by atoms with E-state index < -0.39 is 0 Å². The van der Waals surface area contributed by atoms with Crippen LogP contribution in [-0.4, -0.2) is 6.04 Å². The van der Waals surface area contributed by atoms with Crippen LogP contribution in [0, 0.1) is 0 Å². The molecule has 0 spiro atoms. The van der Waals surface area contributed by atoms with Gasteiger partial charge in [-0.1, -0.05) is 55.1 Å². The first-order valence-corrected chi connectivity index (χ1v) is 4.89. The Balaban J connectivity index is 2.34. The van der Waals surface area contributed by atoms with Crippen LogP contribution in [0.15, 0.2) is 55.1 Å². The van der Waals surface area contributed by atoms with Crippen molar-refractivity contribution in [2.45, 2.75) is 19.5 Å². The molecule has 14 heavy (non-hydrogen) atoms. The number of rotatable bonds is 5. The molecule has 0 saturated heterocycles. The molecule has 74 valence electrons. The second-order valence-corrected chi connectivity index (χ2v) is 3.28. The van der Waals surface area contributed by atoms with Crippen LogP contribution in [0.25, 0.3) is 0 Å². The minimum atomic E-state index is 0.383. The molecule has 0 saturated carbocycles. The van der Waals surface area contributed by atoms with Gasteiger partial charge in [0.1, 0.15) is 0 Å². The standard InChI is InChI=1S/C13H17N/c1-3-4-8-12(2)14-11-13-9-6-5-7-10-13/h3-10,12,14H,1,11H2,2H3/b8-4+/t12-/m1/s1. The summed E-state index contributed by atoms with van der Waals surface area (Å²) in [5, 5.41) is 3.40. The van der Waals surface area contributed by atoms with Crippen LogP contribution >= 0.6 is 0 Å². The Morgan fingerprint density at radius 2 is 2.07 bits per heavy atom. The molecule has 0 aromatic heterocycles. The molecule has 1 aromatic carbocycles. The fourth-order valence-electron chi connectivity index (χ4n) is 1.19. The van der Waals surface area contributed by atoms with E-state index in [2.05, 4.69) is 49.2 Å². The number of hydrogen-bond donors (Lipinski definition) is 1. The van der Waals surface area contributed by atoms with E-state index in [1.807, 2.05) is 12.1 Å². The molecular formula is C13H17N. The Labute approximate surface area is 86.2 Å². The summed E-state index contributed by atoms with van der Waals surface area (Å²) in [7, 11) is 0. The first-order chi connectivity index (χ1) is 6.83. The zero-order valence-electron chi connectivity index (χ0n) is 8.61. The molecule has 0 radical (unpaired) electrons. The normalized spacial score (nSPS) is 12.9. The van der Waals surface area contributed by atoms with E-state index >= 15 is 0 Å². The largest absolute Gasteiger partial charge is 0.307 e. The minimum absolute atomic E-state index is 0.383. The van der Waals surface area contributed by atoms with E-state index in [9.17, 15) is 0 Å². The topological polar surface area (TPSA) is 12.0 Å². The van der Waals surface area contributed by atoms with Crippen LogP contribution in [-0.2, 0) is 6.54 Å². The number of nitrogens with one attached hydrogen (secondary N) is 1. The third-order valence-corrected chi connectivity index (χ3v) is 2.01. The molecule has 0 bridgehead atoms. The summed E-state index contributed by atoms with van der Waals surface area (Å²) in [5.41, 5.74) is 1.31. The van der Waals surface area contributed by atoms with Gasteiger partial charge in [-0.2, -0.15) is 0 Å². The molecule has 0 fully saturated rings. The Hall–Kier alpha value is -1.34. The van der Waals surface area contributed by atoms with Gasteiger partial charge in [0.25, 0.3) is 0 Å². The summed E-state index contributed by atoms with van der Waals surface area (Å²) in [6.07, 6.45) is 5.85. The summed E-state index contributed by atoms with van der Waals surface area (Å²) in [5.74, 6) is 0. The molecule has 0 aliphatic rings. The molecule has 1 atom stereocenters. The van der Waals surface area contributed by atoms with Gasteiger partial charge in [-0.3, -0.25) is 0 Å². The Kier molecular flexibility index (Phi) is 4.73. The first kappa shape index (κ1) is 10.7. The summed E-state index contributed by atoms with van der Waals surface area (Å²) < 4.78 is 0. The lowest BCUT2D eigenvalue weighted by Crippen LogP contribution is -2.23. The third kappa shape index (κ3) is 4.06. The van der Waals surface area contributed by atoms with Gasteiger partial charge < -0.3 is 5.32 Å². The minimum Gasteiger partial charge on any atom is -0.307 e. The van der Waals surface area contributed by atoms with Gasteiger partial charge in [0.2, 0.25) is 0 Å². The molecule has 1 rings (SSSR count). The third-order valence-electron chi connectivity index (χ3n) is 2.01. The molecule has 0 amide bonds. The highest BCUT2D eigenvalue weighted by atomic mass is 14.9. The van der Waals surface area contributed by atoms with Gasteiger partial charge in [0.15, 0.2) is 0 Å². The lowest BCUT2D eigenvalue weighted by molar-refractivity contribution is 0.633. The average Bonchev–Trinajstić information content (AvgIpc) is 2.25. The van der Waals surface area contributed by atoms with Crippen molar-refractivity contribution in [2.75, 3.05) is 0 Å². The highest BCUT2D eigenvalue weighted by molar-refractivity contribution is 5.14. The second-order valence-electron chi connectivity index (χ2n) is 3.28. The molecular weight excluding hydrogens is 170 g/mol. The molecule has 1 aromatic rings. The number of benzene rings is 1. The van der Waals surface area contributed by atoms with Crippen molar-refractivity contribution >= 4 is 0 Å². The summed E-state index contributed by atoms with van der Waals surface area (Å²) >= 11 is 0. The fourth-order valence-corrected chi connectivity index (χ4v) is 1.19. The Bertz CT molecular complexity index is 287. The van der Waals surface area contributed by atoms with Gasteiger partial charge in [0, 0.05) is 12.6 Å². The highest BCUT2D eigenvalue weighted by Gasteiger charge is 1.95. The Morgan fingerprint density at radius 3 is 2.71 bits per heavy atom. The van der Waals surface area contributed by atoms with Gasteiger partial charge in [-0.25, -0.2) is 0 Å². The average molecular weight is 187 g/mol. The molecule has 0 aliphatic heterocycles. The molecule has 0 heterocycles. The molecule has 0 unspecified atom stereocenters. The van der Waals surface area contributed by atoms with E-state index in [1.165, 1.54) is 5.56 Å². The predicted octanol–water partition coefficient (Wildman–Crippen LogP) is 2.91. The number of allylic oxidation sites excluding steroid dienone is 2. The van der Waals surface area contributed by atoms with Crippen molar-refractivity contribution < 1.29 is 0 Å². The van der Waals surface area contributed by atoms with Gasteiger partial charge in [-0.15, -0.1) is 0 Å². The van der Waals surface area contributed by atoms with Gasteiger partial charge in [-0.05, 0) is 12.5 Å². The van der Waals surface area contributed by atoms with Crippen LogP contribution in [0.1, 0.15) is 12.5 Å². The van der Waals surface area contributed by atoms with E-state index in [1.54, 1.807) is 6.08 Å². The zero-order chi connectivity index (χ0) is 10.2. The van der Waals surface area contributed by atoms with E-state index in [0.717, 1.165) is 6.54 Å². The number of hydrogen-bond acceptors (Lipinski definition) is 1. The molecule has 1 heteroatoms. The van der Waals surface area contributed by atoms with Crippen molar-refractivity contribution in [1.29, 1.82) is 0 Å². The maximum Gasteiger partial charge on any atom is 0.0227 e. The van der Waals surface area contributed by atoms with E-state index in [4.69, 9.17) is 0 Å². The maximum absolute atomic E-state index is 3.64. The predicted molar refractivity (Wildman–Crippen MR) is 62.1 cm³/mol. The van der Waals surface area contributed by atoms with Crippen molar-refractivity contribution in [3.8, 4) is 0 Å². The van der Waals surface area contributed by atoms with Crippen molar-refractivity contribution in [1.82, 2.24) is 5.32 Å². The molecule has 1 N–H and O–H groups in total. The van der Waals surface area contributed by atoms with Gasteiger partial charge >= 0.3 is 0 Å². The van der Waals surface area contributed by atoms with Crippen LogP contribution in [0.2, 0.25) is 0 Å². The van der Waals surface area contributed by atoms with Crippen LogP contribution < -0.4 is 5.32 Å². The summed E-state index contributed by atoms with van der Waals surface area (Å²) in [6, 6.07) is 10.8. The fraction of sp³-hybridized carbons (Fsp3) is 0.231. The Morgan fingerprint density at radius 1 is 1.36 bits per heavy atom. The van der Waals surface area contributed by atoms with Crippen molar-refractivity contribution in [3.63, 3.8) is 0 Å². The maximum atomic E-state index is 3.64. The quantitative estimate of drug-likeness (QED) is 0.699. The van der Waals surface area contributed by atoms with Crippen LogP contribution in [0.5, 0.6) is 0 Å². The zero-order valence-corrected chi connectivity index (χ0v) is 8.61. The first-order valence-electron chi connectivity index (χ1n) is 4.89. The van der Waals surface area contributed by atoms with Gasteiger partial charge in [0.05, 0.1) is 0 Å². The SMILES string of the molecule is C=C/C=C/[C@@H](C)NCc1ccccc1. The lowest BCUT2D eigenvalue weighted by atomic mass is 10.2. The van der Waals surface area contributed by atoms with Crippen LogP contribution in [0.4, 0.5) is 0 Å². The van der Waals surface area contributed by atoms with Crippen molar-refractivity contribution in [2.24, 2.45) is 0 Å². The van der Waals surface area contributed by atoms with Crippen molar-refractivity contribution in [3.05, 3.63) is 60.7 Å². The second kappa shape index (κ2) is 6.17. The molecule has 1 nitrogen and oxygen atoms in total. The van der Waals surface area contributed by atoms with E-state index in [0.29, 0.717) is 6.04 Å². The lowest BCUT2D eigenvalue weighted by Gasteiger charge is -2.08. The summed E-state index contributed by atoms with van der Waals surface area (Å²) in [6.45, 7) is 6.67. The summed E-state index contributed by atoms with van der Waals surface area (Å²) in [4.78, 5) is 0. The molecule has 0 aliphatic carbocycles. The highest BCUT2D eigenvalue weighted by Crippen LogP contribution is 1.98.